The maximum absolute atomic E-state index is 3.50. The van der Waals surface area contributed by atoms with E-state index in [1.165, 1.54) is 44.5 Å². The van der Waals surface area contributed by atoms with Gasteiger partial charge in [0.05, 0.1) is 0 Å². The van der Waals surface area contributed by atoms with Gasteiger partial charge in [-0.15, -0.1) is 0 Å². The van der Waals surface area contributed by atoms with Gasteiger partial charge in [-0.05, 0) is 50.1 Å². The Morgan fingerprint density at radius 2 is 1.94 bits per heavy atom. The third-order valence-electron chi connectivity index (χ3n) is 3.43. The lowest BCUT2D eigenvalue weighted by Gasteiger charge is -2.22. The Balaban J connectivity index is 1.70. The van der Waals surface area contributed by atoms with Crippen LogP contribution >= 0.6 is 15.9 Å². The zero-order valence-corrected chi connectivity index (χ0v) is 12.7. The second-order valence-electron chi connectivity index (χ2n) is 5.05. The Bertz CT molecular complexity index is 346. The molecule has 0 bridgehead atoms. The molecule has 1 aliphatic rings. The van der Waals surface area contributed by atoms with Gasteiger partial charge in [-0.3, -0.25) is 4.90 Å². The fourth-order valence-electron chi connectivity index (χ4n) is 2.19. The van der Waals surface area contributed by atoms with Gasteiger partial charge in [-0.25, -0.2) is 0 Å². The molecule has 2 nitrogen and oxygen atoms in total. The molecule has 2 rings (SSSR count). The van der Waals surface area contributed by atoms with Crippen molar-refractivity contribution in [1.29, 1.82) is 0 Å². The Morgan fingerprint density at radius 3 is 2.56 bits per heavy atom. The van der Waals surface area contributed by atoms with Crippen molar-refractivity contribution in [2.45, 2.75) is 38.6 Å². The van der Waals surface area contributed by atoms with Crippen LogP contribution in [0.4, 0.5) is 5.69 Å². The highest BCUT2D eigenvalue weighted by Crippen LogP contribution is 2.26. The van der Waals surface area contributed by atoms with Crippen molar-refractivity contribution in [3.05, 3.63) is 28.7 Å². The minimum Gasteiger partial charge on any atom is -0.384 e. The van der Waals surface area contributed by atoms with Gasteiger partial charge >= 0.3 is 0 Å². The summed E-state index contributed by atoms with van der Waals surface area (Å²) in [5.41, 5.74) is 1.21. The largest absolute Gasteiger partial charge is 0.384 e. The lowest BCUT2D eigenvalue weighted by Crippen LogP contribution is -2.32. The Kier molecular flexibility index (Phi) is 5.51. The standard InChI is InChI=1S/C15H23BrN2/c1-2-3-11-18(15-8-9-15)12-10-17-14-6-4-13(16)5-7-14/h4-7,15,17H,2-3,8-12H2,1H3. The zero-order valence-electron chi connectivity index (χ0n) is 11.2. The van der Waals surface area contributed by atoms with E-state index in [-0.39, 0.29) is 0 Å². The third kappa shape index (κ3) is 4.62. The van der Waals surface area contributed by atoms with Gasteiger partial charge in [-0.2, -0.15) is 0 Å². The lowest BCUT2D eigenvalue weighted by atomic mass is 10.3. The summed E-state index contributed by atoms with van der Waals surface area (Å²) in [6, 6.07) is 9.29. The molecule has 0 radical (unpaired) electrons. The molecule has 1 N–H and O–H groups in total. The minimum absolute atomic E-state index is 0.878. The zero-order chi connectivity index (χ0) is 12.8. The first kappa shape index (κ1) is 13.9. The normalized spacial score (nSPS) is 15.1. The summed E-state index contributed by atoms with van der Waals surface area (Å²) in [5.74, 6) is 0. The van der Waals surface area contributed by atoms with Crippen LogP contribution in [-0.2, 0) is 0 Å². The van der Waals surface area contributed by atoms with Crippen molar-refractivity contribution < 1.29 is 0 Å². The smallest absolute Gasteiger partial charge is 0.0341 e. The highest BCUT2D eigenvalue weighted by molar-refractivity contribution is 9.10. The minimum atomic E-state index is 0.878. The summed E-state index contributed by atoms with van der Waals surface area (Å²) in [5, 5.41) is 3.50. The fourth-order valence-corrected chi connectivity index (χ4v) is 2.45. The summed E-state index contributed by atoms with van der Waals surface area (Å²) < 4.78 is 1.13. The van der Waals surface area contributed by atoms with Crippen molar-refractivity contribution in [3.8, 4) is 0 Å². The fraction of sp³-hybridized carbons (Fsp3) is 0.600. The highest BCUT2D eigenvalue weighted by atomic mass is 79.9. The van der Waals surface area contributed by atoms with Gasteiger partial charge in [-0.1, -0.05) is 29.3 Å². The van der Waals surface area contributed by atoms with Crippen LogP contribution in [0, 0.1) is 0 Å². The van der Waals surface area contributed by atoms with Crippen LogP contribution < -0.4 is 5.32 Å². The first-order valence-corrected chi connectivity index (χ1v) is 7.82. The van der Waals surface area contributed by atoms with Crippen LogP contribution in [0.3, 0.4) is 0 Å². The number of nitrogens with zero attached hydrogens (tertiary/aromatic N) is 1. The molecule has 0 aliphatic heterocycles. The molecule has 0 amide bonds. The van der Waals surface area contributed by atoms with E-state index >= 15 is 0 Å². The monoisotopic (exact) mass is 310 g/mol. The molecule has 100 valence electrons. The number of rotatable bonds is 8. The molecule has 0 heterocycles. The average Bonchev–Trinajstić information content (AvgIpc) is 3.20. The van der Waals surface area contributed by atoms with Crippen molar-refractivity contribution in [2.24, 2.45) is 0 Å². The molecule has 1 aliphatic carbocycles. The first-order valence-electron chi connectivity index (χ1n) is 7.03. The number of anilines is 1. The molecule has 3 heteroatoms. The van der Waals surface area contributed by atoms with E-state index in [1.807, 2.05) is 0 Å². The van der Waals surface area contributed by atoms with E-state index in [2.05, 4.69) is 57.3 Å². The second kappa shape index (κ2) is 7.15. The van der Waals surface area contributed by atoms with Crippen molar-refractivity contribution in [1.82, 2.24) is 4.90 Å². The van der Waals surface area contributed by atoms with Gasteiger partial charge in [0.2, 0.25) is 0 Å². The lowest BCUT2D eigenvalue weighted by molar-refractivity contribution is 0.269. The molecule has 0 spiro atoms. The van der Waals surface area contributed by atoms with E-state index in [0.717, 1.165) is 17.1 Å². The van der Waals surface area contributed by atoms with Gasteiger partial charge in [0, 0.05) is 29.3 Å². The predicted octanol–water partition coefficient (Wildman–Crippen LogP) is 4.13. The van der Waals surface area contributed by atoms with E-state index in [0.29, 0.717) is 0 Å². The molecule has 1 fully saturated rings. The molecule has 0 saturated heterocycles. The number of halogens is 1. The molecule has 0 unspecified atom stereocenters. The predicted molar refractivity (Wildman–Crippen MR) is 82.1 cm³/mol. The Morgan fingerprint density at radius 1 is 1.22 bits per heavy atom. The summed E-state index contributed by atoms with van der Waals surface area (Å²) in [6.45, 7) is 5.75. The highest BCUT2D eigenvalue weighted by Gasteiger charge is 2.27. The van der Waals surface area contributed by atoms with Gasteiger partial charge in [0.15, 0.2) is 0 Å². The molecule has 0 atom stereocenters. The molecule has 18 heavy (non-hydrogen) atoms. The topological polar surface area (TPSA) is 15.3 Å². The van der Waals surface area contributed by atoms with Crippen molar-refractivity contribution in [2.75, 3.05) is 25.0 Å². The molecule has 1 aromatic rings. The molecular weight excluding hydrogens is 288 g/mol. The summed E-state index contributed by atoms with van der Waals surface area (Å²) >= 11 is 3.46. The Labute approximate surface area is 119 Å². The van der Waals surface area contributed by atoms with E-state index < -0.39 is 0 Å². The van der Waals surface area contributed by atoms with E-state index in [4.69, 9.17) is 0 Å². The summed E-state index contributed by atoms with van der Waals surface area (Å²) in [6.07, 6.45) is 5.43. The number of nitrogens with one attached hydrogen (secondary N) is 1. The van der Waals surface area contributed by atoms with Crippen LogP contribution in [0.1, 0.15) is 32.6 Å². The molecule has 1 aromatic carbocycles. The quantitative estimate of drug-likeness (QED) is 0.777. The Hall–Kier alpha value is -0.540. The van der Waals surface area contributed by atoms with Crippen LogP contribution in [-0.4, -0.2) is 30.6 Å². The third-order valence-corrected chi connectivity index (χ3v) is 3.96. The van der Waals surface area contributed by atoms with E-state index in [1.54, 1.807) is 0 Å². The average molecular weight is 311 g/mol. The maximum Gasteiger partial charge on any atom is 0.0341 e. The first-order chi connectivity index (χ1) is 8.79. The molecular formula is C15H23BrN2. The molecule has 1 saturated carbocycles. The maximum atomic E-state index is 3.50. The summed E-state index contributed by atoms with van der Waals surface area (Å²) in [4.78, 5) is 2.65. The number of hydrogen-bond donors (Lipinski definition) is 1. The van der Waals surface area contributed by atoms with Crippen LogP contribution in [0.5, 0.6) is 0 Å². The number of unbranched alkanes of at least 4 members (excludes halogenated alkanes) is 1. The molecule has 0 aromatic heterocycles. The van der Waals surface area contributed by atoms with Crippen LogP contribution in [0.15, 0.2) is 28.7 Å². The van der Waals surface area contributed by atoms with Gasteiger partial charge < -0.3 is 5.32 Å². The van der Waals surface area contributed by atoms with Crippen molar-refractivity contribution in [3.63, 3.8) is 0 Å². The van der Waals surface area contributed by atoms with Gasteiger partial charge in [0.1, 0.15) is 0 Å². The number of hydrogen-bond acceptors (Lipinski definition) is 2. The van der Waals surface area contributed by atoms with Crippen LogP contribution in [0.25, 0.3) is 0 Å². The van der Waals surface area contributed by atoms with Crippen molar-refractivity contribution >= 4 is 21.6 Å². The second-order valence-corrected chi connectivity index (χ2v) is 5.97. The van der Waals surface area contributed by atoms with Crippen LogP contribution in [0.2, 0.25) is 0 Å². The number of benzene rings is 1. The van der Waals surface area contributed by atoms with Gasteiger partial charge in [0.25, 0.3) is 0 Å². The van der Waals surface area contributed by atoms with E-state index in [9.17, 15) is 0 Å². The summed E-state index contributed by atoms with van der Waals surface area (Å²) in [7, 11) is 0. The SMILES string of the molecule is CCCCN(CCNc1ccc(Br)cc1)C1CC1.